The Hall–Kier alpha value is -1.35. The van der Waals surface area contributed by atoms with Gasteiger partial charge in [-0.3, -0.25) is 4.79 Å². The van der Waals surface area contributed by atoms with Crippen molar-refractivity contribution in [3.63, 3.8) is 0 Å². The number of amides is 1. The molecular weight excluding hydrogens is 371 g/mol. The van der Waals surface area contributed by atoms with E-state index in [1.165, 1.54) is 0 Å². The summed E-state index contributed by atoms with van der Waals surface area (Å²) in [5.41, 5.74) is 6.58. The van der Waals surface area contributed by atoms with Crippen LogP contribution in [0.3, 0.4) is 0 Å². The summed E-state index contributed by atoms with van der Waals surface area (Å²) in [5, 5.41) is 2.93. The van der Waals surface area contributed by atoms with Crippen molar-refractivity contribution < 1.29 is 9.53 Å². The van der Waals surface area contributed by atoms with Gasteiger partial charge in [-0.1, -0.05) is 18.2 Å². The van der Waals surface area contributed by atoms with Gasteiger partial charge in [0.05, 0.1) is 13.2 Å². The van der Waals surface area contributed by atoms with E-state index in [1.54, 1.807) is 4.90 Å². The monoisotopic (exact) mass is 390 g/mol. The first kappa shape index (κ1) is 16.7. The lowest BCUT2D eigenvalue weighted by Crippen LogP contribution is -2.42. The first-order chi connectivity index (χ1) is 9.25. The predicted molar refractivity (Wildman–Crippen MR) is 89.4 cm³/mol. The van der Waals surface area contributed by atoms with Crippen LogP contribution >= 0.6 is 24.0 Å². The Morgan fingerprint density at radius 1 is 1.30 bits per heavy atom. The third-order valence-electron chi connectivity index (χ3n) is 2.79. The van der Waals surface area contributed by atoms with E-state index in [-0.39, 0.29) is 42.4 Å². The predicted octanol–water partition coefficient (Wildman–Crippen LogP) is 0.890. The SMILES string of the molecule is I.NC(=NCC(=O)N1CCOCC1)Nc1ccccc1. The number of benzene rings is 1. The molecule has 2 rings (SSSR count). The number of nitrogens with one attached hydrogen (secondary N) is 1. The Morgan fingerprint density at radius 3 is 2.60 bits per heavy atom. The molecule has 1 aliphatic heterocycles. The Kier molecular flexibility index (Phi) is 7.31. The summed E-state index contributed by atoms with van der Waals surface area (Å²) in [6.07, 6.45) is 0. The highest BCUT2D eigenvalue weighted by Gasteiger charge is 2.15. The fourth-order valence-electron chi connectivity index (χ4n) is 1.77. The molecule has 1 aliphatic rings. The van der Waals surface area contributed by atoms with E-state index < -0.39 is 0 Å². The van der Waals surface area contributed by atoms with Crippen LogP contribution in [-0.4, -0.2) is 49.6 Å². The first-order valence-corrected chi connectivity index (χ1v) is 6.23. The molecule has 20 heavy (non-hydrogen) atoms. The number of nitrogens with zero attached hydrogens (tertiary/aromatic N) is 2. The van der Waals surface area contributed by atoms with Crippen LogP contribution in [0.1, 0.15) is 0 Å². The van der Waals surface area contributed by atoms with Crippen molar-refractivity contribution in [3.05, 3.63) is 30.3 Å². The van der Waals surface area contributed by atoms with Gasteiger partial charge in [-0.25, -0.2) is 4.99 Å². The van der Waals surface area contributed by atoms with Crippen LogP contribution in [0.25, 0.3) is 0 Å². The molecule has 0 spiro atoms. The lowest BCUT2D eigenvalue weighted by molar-refractivity contribution is -0.133. The van der Waals surface area contributed by atoms with Gasteiger partial charge >= 0.3 is 0 Å². The molecule has 0 atom stereocenters. The third-order valence-corrected chi connectivity index (χ3v) is 2.79. The van der Waals surface area contributed by atoms with E-state index in [2.05, 4.69) is 10.3 Å². The van der Waals surface area contributed by atoms with Crippen LogP contribution in [0.15, 0.2) is 35.3 Å². The van der Waals surface area contributed by atoms with Crippen LogP contribution in [-0.2, 0) is 9.53 Å². The van der Waals surface area contributed by atoms with Gasteiger partial charge in [0, 0.05) is 18.8 Å². The van der Waals surface area contributed by atoms with Gasteiger partial charge in [0.25, 0.3) is 0 Å². The first-order valence-electron chi connectivity index (χ1n) is 6.23. The lowest BCUT2D eigenvalue weighted by atomic mass is 10.3. The molecule has 1 aromatic rings. The van der Waals surface area contributed by atoms with Crippen LogP contribution < -0.4 is 11.1 Å². The molecule has 1 saturated heterocycles. The average Bonchev–Trinajstić information content (AvgIpc) is 2.47. The highest BCUT2D eigenvalue weighted by Crippen LogP contribution is 2.04. The molecule has 1 aromatic carbocycles. The molecule has 110 valence electrons. The Labute approximate surface area is 135 Å². The van der Waals surface area contributed by atoms with Gasteiger partial charge in [0.2, 0.25) is 5.91 Å². The number of ether oxygens (including phenoxy) is 1. The highest BCUT2D eigenvalue weighted by molar-refractivity contribution is 14.0. The van der Waals surface area contributed by atoms with Gasteiger partial charge < -0.3 is 20.7 Å². The molecule has 1 heterocycles. The Balaban J connectivity index is 0.00000200. The maximum absolute atomic E-state index is 11.8. The van der Waals surface area contributed by atoms with Crippen molar-refractivity contribution in [3.8, 4) is 0 Å². The summed E-state index contributed by atoms with van der Waals surface area (Å²) in [7, 11) is 0. The Bertz CT molecular complexity index is 447. The van der Waals surface area contributed by atoms with E-state index in [1.807, 2.05) is 30.3 Å². The second kappa shape index (κ2) is 8.75. The second-order valence-corrected chi connectivity index (χ2v) is 4.19. The van der Waals surface area contributed by atoms with Crippen molar-refractivity contribution in [2.24, 2.45) is 10.7 Å². The number of hydrogen-bond donors (Lipinski definition) is 2. The molecule has 0 saturated carbocycles. The van der Waals surface area contributed by atoms with Gasteiger partial charge in [-0.2, -0.15) is 0 Å². The summed E-state index contributed by atoms with van der Waals surface area (Å²) < 4.78 is 5.19. The van der Waals surface area contributed by atoms with Crippen LogP contribution in [0.5, 0.6) is 0 Å². The number of halogens is 1. The van der Waals surface area contributed by atoms with E-state index in [0.29, 0.717) is 26.3 Å². The van der Waals surface area contributed by atoms with E-state index >= 15 is 0 Å². The standard InChI is InChI=1S/C13H18N4O2.HI/c14-13(16-11-4-2-1-3-5-11)15-10-12(18)17-6-8-19-9-7-17;/h1-5H,6-10H2,(H3,14,15,16);1H. The van der Waals surface area contributed by atoms with Gasteiger partial charge in [0.15, 0.2) is 5.96 Å². The zero-order valence-corrected chi connectivity index (χ0v) is 13.4. The largest absolute Gasteiger partial charge is 0.378 e. The van der Waals surface area contributed by atoms with Crippen LogP contribution in [0.2, 0.25) is 0 Å². The molecule has 6 nitrogen and oxygen atoms in total. The molecule has 1 fully saturated rings. The quantitative estimate of drug-likeness (QED) is 0.457. The fraction of sp³-hybridized carbons (Fsp3) is 0.385. The van der Waals surface area contributed by atoms with Gasteiger partial charge in [-0.15, -0.1) is 24.0 Å². The normalized spacial score (nSPS) is 15.4. The Morgan fingerprint density at radius 2 is 1.95 bits per heavy atom. The molecule has 0 aromatic heterocycles. The molecule has 0 bridgehead atoms. The summed E-state index contributed by atoms with van der Waals surface area (Å²) in [4.78, 5) is 17.6. The second-order valence-electron chi connectivity index (χ2n) is 4.19. The molecular formula is C13H19IN4O2. The van der Waals surface area contributed by atoms with Crippen molar-refractivity contribution in [1.82, 2.24) is 4.90 Å². The molecule has 0 unspecified atom stereocenters. The number of anilines is 1. The summed E-state index contributed by atoms with van der Waals surface area (Å²) >= 11 is 0. The number of nitrogens with two attached hydrogens (primary N) is 1. The minimum absolute atomic E-state index is 0. The minimum atomic E-state index is -0.0267. The van der Waals surface area contributed by atoms with Gasteiger partial charge in [0.1, 0.15) is 6.54 Å². The zero-order valence-electron chi connectivity index (χ0n) is 11.1. The molecule has 3 N–H and O–H groups in total. The van der Waals surface area contributed by atoms with Crippen molar-refractivity contribution >= 4 is 41.5 Å². The number of hydrogen-bond acceptors (Lipinski definition) is 3. The van der Waals surface area contributed by atoms with Crippen LogP contribution in [0.4, 0.5) is 5.69 Å². The molecule has 0 aliphatic carbocycles. The number of guanidine groups is 1. The highest BCUT2D eigenvalue weighted by atomic mass is 127. The average molecular weight is 390 g/mol. The van der Waals surface area contributed by atoms with E-state index in [0.717, 1.165) is 5.69 Å². The maximum Gasteiger partial charge on any atom is 0.244 e. The number of carbonyl (C=O) groups excluding carboxylic acids is 1. The minimum Gasteiger partial charge on any atom is -0.378 e. The summed E-state index contributed by atoms with van der Waals surface area (Å²) in [5.74, 6) is 0.217. The van der Waals surface area contributed by atoms with E-state index in [4.69, 9.17) is 10.5 Å². The maximum atomic E-state index is 11.8. The zero-order chi connectivity index (χ0) is 13.5. The third kappa shape index (κ3) is 5.33. The number of rotatable bonds is 3. The van der Waals surface area contributed by atoms with E-state index in [9.17, 15) is 4.79 Å². The smallest absolute Gasteiger partial charge is 0.244 e. The fourth-order valence-corrected chi connectivity index (χ4v) is 1.77. The van der Waals surface area contributed by atoms with Crippen molar-refractivity contribution in [2.75, 3.05) is 38.2 Å². The molecule has 7 heteroatoms. The topological polar surface area (TPSA) is 80.0 Å². The summed E-state index contributed by atoms with van der Waals surface area (Å²) in [6, 6.07) is 9.47. The van der Waals surface area contributed by atoms with Crippen molar-refractivity contribution in [1.29, 1.82) is 0 Å². The lowest BCUT2D eigenvalue weighted by Gasteiger charge is -2.26. The van der Waals surface area contributed by atoms with Crippen LogP contribution in [0, 0.1) is 0 Å². The number of morpholine rings is 1. The number of carbonyl (C=O) groups is 1. The molecule has 0 radical (unpaired) electrons. The van der Waals surface area contributed by atoms with Crippen molar-refractivity contribution in [2.45, 2.75) is 0 Å². The number of aliphatic imine (C=N–C) groups is 1. The van der Waals surface area contributed by atoms with Gasteiger partial charge in [-0.05, 0) is 12.1 Å². The number of para-hydroxylation sites is 1. The summed E-state index contributed by atoms with van der Waals surface area (Å²) in [6.45, 7) is 2.49. The molecule has 1 amide bonds.